The van der Waals surface area contributed by atoms with Crippen molar-refractivity contribution in [3.8, 4) is 5.75 Å². The monoisotopic (exact) mass is 472 g/mol. The Morgan fingerprint density at radius 2 is 2.03 bits per heavy atom. The van der Waals surface area contributed by atoms with E-state index in [-0.39, 0.29) is 11.9 Å². The molecule has 4 rings (SSSR count). The van der Waals surface area contributed by atoms with Crippen LogP contribution in [0.5, 0.6) is 5.75 Å². The minimum Gasteiger partial charge on any atom is -0.486 e. The largest absolute Gasteiger partial charge is 0.486 e. The molecule has 0 amide bonds. The van der Waals surface area contributed by atoms with Crippen LogP contribution in [0.4, 0.5) is 21.6 Å². The molecule has 0 saturated carbocycles. The lowest BCUT2D eigenvalue weighted by Crippen LogP contribution is -2.25. The van der Waals surface area contributed by atoms with Gasteiger partial charge in [0.05, 0.1) is 39.8 Å². The fourth-order valence-electron chi connectivity index (χ4n) is 3.47. The summed E-state index contributed by atoms with van der Waals surface area (Å²) in [6.45, 7) is 8.78. The summed E-state index contributed by atoms with van der Waals surface area (Å²) in [6, 6.07) is 8.05. The third-order valence-electron chi connectivity index (χ3n) is 5.71. The molecule has 2 atom stereocenters. The number of aryl methyl sites for hydroxylation is 1. The average molecular weight is 473 g/mol. The van der Waals surface area contributed by atoms with Crippen molar-refractivity contribution >= 4 is 37.8 Å². The van der Waals surface area contributed by atoms with E-state index in [9.17, 15) is 8.60 Å². The van der Waals surface area contributed by atoms with Gasteiger partial charge in [-0.3, -0.25) is 0 Å². The van der Waals surface area contributed by atoms with Crippen molar-refractivity contribution in [3.63, 3.8) is 0 Å². The Kier molecular flexibility index (Phi) is 6.28. The molecule has 0 radical (unpaired) electrons. The van der Waals surface area contributed by atoms with Crippen molar-refractivity contribution in [1.29, 1.82) is 0 Å². The molecule has 7 nitrogen and oxygen atoms in total. The number of hydrogen-bond donors (Lipinski definition) is 1. The summed E-state index contributed by atoms with van der Waals surface area (Å²) in [5.74, 6) is 0.583. The predicted molar refractivity (Wildman–Crippen MR) is 130 cm³/mol. The number of aromatic nitrogens is 2. The van der Waals surface area contributed by atoms with Crippen LogP contribution in [0.25, 0.3) is 10.9 Å². The number of rotatable bonds is 5. The first-order valence-corrected chi connectivity index (χ1v) is 12.7. The van der Waals surface area contributed by atoms with Crippen LogP contribution in [0.1, 0.15) is 32.8 Å². The summed E-state index contributed by atoms with van der Waals surface area (Å²) >= 11 is 0. The molecular formula is C24H29FN4O3S. The van der Waals surface area contributed by atoms with Crippen molar-refractivity contribution in [3.05, 3.63) is 48.0 Å². The van der Waals surface area contributed by atoms with E-state index in [1.807, 2.05) is 39.8 Å². The molecule has 0 spiro atoms. The summed E-state index contributed by atoms with van der Waals surface area (Å²) in [6.07, 6.45) is 3.76. The molecular weight excluding hydrogens is 443 g/mol. The summed E-state index contributed by atoms with van der Waals surface area (Å²) in [5.41, 5.74) is 2.76. The van der Waals surface area contributed by atoms with Crippen molar-refractivity contribution in [2.45, 2.75) is 45.0 Å². The fourth-order valence-corrected chi connectivity index (χ4v) is 4.25. The van der Waals surface area contributed by atoms with E-state index in [2.05, 4.69) is 19.6 Å². The van der Waals surface area contributed by atoms with Crippen LogP contribution < -0.4 is 10.1 Å². The number of anilines is 2. The zero-order valence-corrected chi connectivity index (χ0v) is 20.3. The van der Waals surface area contributed by atoms with Gasteiger partial charge in [0.15, 0.2) is 0 Å². The Morgan fingerprint density at radius 3 is 2.73 bits per heavy atom. The van der Waals surface area contributed by atoms with Crippen molar-refractivity contribution in [1.82, 2.24) is 9.97 Å². The lowest BCUT2D eigenvalue weighted by Gasteiger charge is -2.21. The molecule has 2 aromatic carbocycles. The minimum absolute atomic E-state index is 0.118. The van der Waals surface area contributed by atoms with Gasteiger partial charge in [-0.2, -0.15) is 4.36 Å². The van der Waals surface area contributed by atoms with Gasteiger partial charge in [0.2, 0.25) is 0 Å². The highest BCUT2D eigenvalue weighted by molar-refractivity contribution is 7.94. The lowest BCUT2D eigenvalue weighted by molar-refractivity contribution is 0.141. The van der Waals surface area contributed by atoms with Crippen LogP contribution in [-0.2, 0) is 14.5 Å². The van der Waals surface area contributed by atoms with E-state index in [1.165, 1.54) is 18.5 Å². The SMILES string of the molecule is Cc1cc(N=S(C)(=O)C(C)(C)C)cc2ncnc(Nc3ccc(F)cc3O[C@H]3CCOC3)c12. The van der Waals surface area contributed by atoms with E-state index in [1.54, 1.807) is 12.3 Å². The summed E-state index contributed by atoms with van der Waals surface area (Å²) < 4.78 is 42.5. The fraction of sp³-hybridized carbons (Fsp3) is 0.417. The molecule has 2 heterocycles. The topological polar surface area (TPSA) is 85.7 Å². The zero-order chi connectivity index (χ0) is 23.8. The van der Waals surface area contributed by atoms with Gasteiger partial charge in [-0.05, 0) is 57.5 Å². The number of ether oxygens (including phenoxy) is 2. The summed E-state index contributed by atoms with van der Waals surface area (Å²) in [5, 5.41) is 4.08. The van der Waals surface area contributed by atoms with Gasteiger partial charge in [0.25, 0.3) is 0 Å². The normalized spacial score (nSPS) is 18.2. The second-order valence-corrected chi connectivity index (χ2v) is 12.3. The Balaban J connectivity index is 1.73. The van der Waals surface area contributed by atoms with Crippen LogP contribution in [0.15, 0.2) is 41.0 Å². The Morgan fingerprint density at radius 1 is 1.24 bits per heavy atom. The first-order chi connectivity index (χ1) is 15.5. The van der Waals surface area contributed by atoms with Crippen molar-refractivity contribution in [2.24, 2.45) is 4.36 Å². The van der Waals surface area contributed by atoms with Gasteiger partial charge in [-0.25, -0.2) is 18.6 Å². The lowest BCUT2D eigenvalue weighted by atomic mass is 10.1. The molecule has 0 bridgehead atoms. The Hall–Kier alpha value is -2.78. The number of benzene rings is 2. The van der Waals surface area contributed by atoms with Crippen LogP contribution in [0.2, 0.25) is 0 Å². The third-order valence-corrected chi connectivity index (χ3v) is 8.55. The number of halogens is 1. The van der Waals surface area contributed by atoms with Gasteiger partial charge in [0, 0.05) is 28.9 Å². The number of hydrogen-bond acceptors (Lipinski definition) is 7. The third kappa shape index (κ3) is 5.09. The standard InChI is InChI=1S/C24H29FN4O3S/c1-15-10-17(29-33(5,30)24(2,3)4)12-20-22(15)23(27-14-26-20)28-19-7-6-16(25)11-21(19)32-18-8-9-31-13-18/h6-7,10-12,14,18H,8-9,13H2,1-5H3,(H,26,27,28)/t18-,33?/m0/s1. The van der Waals surface area contributed by atoms with E-state index in [0.29, 0.717) is 41.7 Å². The quantitative estimate of drug-likeness (QED) is 0.527. The van der Waals surface area contributed by atoms with Gasteiger partial charge >= 0.3 is 0 Å². The molecule has 1 unspecified atom stereocenters. The molecule has 9 heteroatoms. The molecule has 1 N–H and O–H groups in total. The van der Waals surface area contributed by atoms with Gasteiger partial charge in [-0.1, -0.05) is 0 Å². The minimum atomic E-state index is -2.46. The van der Waals surface area contributed by atoms with Crippen molar-refractivity contribution < 1.29 is 18.1 Å². The second kappa shape index (κ2) is 8.87. The van der Waals surface area contributed by atoms with Crippen molar-refractivity contribution in [2.75, 3.05) is 24.8 Å². The molecule has 1 saturated heterocycles. The maximum absolute atomic E-state index is 13.9. The maximum atomic E-state index is 13.9. The smallest absolute Gasteiger partial charge is 0.146 e. The van der Waals surface area contributed by atoms with E-state index >= 15 is 0 Å². The molecule has 33 heavy (non-hydrogen) atoms. The van der Waals surface area contributed by atoms with Crippen LogP contribution >= 0.6 is 0 Å². The van der Waals surface area contributed by atoms with Gasteiger partial charge < -0.3 is 14.8 Å². The van der Waals surface area contributed by atoms with Gasteiger partial charge in [-0.15, -0.1) is 0 Å². The maximum Gasteiger partial charge on any atom is 0.146 e. The molecule has 1 aliphatic rings. The molecule has 0 aliphatic carbocycles. The molecule has 1 fully saturated rings. The summed E-state index contributed by atoms with van der Waals surface area (Å²) in [7, 11) is -2.46. The van der Waals surface area contributed by atoms with E-state index < -0.39 is 14.5 Å². The molecule has 176 valence electrons. The molecule has 1 aromatic heterocycles. The second-order valence-electron chi connectivity index (χ2n) is 9.25. The highest BCUT2D eigenvalue weighted by Crippen LogP contribution is 2.35. The van der Waals surface area contributed by atoms with Gasteiger partial charge in [0.1, 0.15) is 29.8 Å². The molecule has 1 aliphatic heterocycles. The summed E-state index contributed by atoms with van der Waals surface area (Å²) in [4.78, 5) is 8.82. The van der Waals surface area contributed by atoms with Crippen LogP contribution in [0.3, 0.4) is 0 Å². The first kappa shape index (κ1) is 23.4. The predicted octanol–water partition coefficient (Wildman–Crippen LogP) is 5.52. The Bertz CT molecular complexity index is 1310. The highest BCUT2D eigenvalue weighted by Gasteiger charge is 2.23. The van der Waals surface area contributed by atoms with E-state index in [4.69, 9.17) is 9.47 Å². The molecule has 3 aromatic rings. The average Bonchev–Trinajstić information content (AvgIpc) is 3.22. The Labute approximate surface area is 193 Å². The highest BCUT2D eigenvalue weighted by atomic mass is 32.2. The number of nitrogens with one attached hydrogen (secondary N) is 1. The number of nitrogens with zero attached hydrogens (tertiary/aromatic N) is 3. The van der Waals surface area contributed by atoms with Crippen LogP contribution in [0, 0.1) is 12.7 Å². The van der Waals surface area contributed by atoms with Crippen LogP contribution in [-0.4, -0.2) is 44.5 Å². The zero-order valence-electron chi connectivity index (χ0n) is 19.5. The number of fused-ring (bicyclic) bond motifs is 1. The first-order valence-electron chi connectivity index (χ1n) is 10.8. The van der Waals surface area contributed by atoms with E-state index in [0.717, 1.165) is 17.4 Å².